The highest BCUT2D eigenvalue weighted by Gasteiger charge is 2.12. The van der Waals surface area contributed by atoms with Gasteiger partial charge in [-0.1, -0.05) is 72.8 Å². The number of pyridine rings is 1. The summed E-state index contributed by atoms with van der Waals surface area (Å²) in [6.45, 7) is 0. The van der Waals surface area contributed by atoms with Crippen LogP contribution in [-0.2, 0) is 0 Å². The van der Waals surface area contributed by atoms with Crippen molar-refractivity contribution in [3.8, 4) is 27.9 Å². The van der Waals surface area contributed by atoms with Crippen molar-refractivity contribution in [1.29, 1.82) is 0 Å². The van der Waals surface area contributed by atoms with Crippen molar-refractivity contribution < 1.29 is 4.42 Å². The van der Waals surface area contributed by atoms with Gasteiger partial charge in [0.2, 0.25) is 0 Å². The van der Waals surface area contributed by atoms with E-state index in [-0.39, 0.29) is 0 Å². The molecule has 0 aliphatic carbocycles. The summed E-state index contributed by atoms with van der Waals surface area (Å²) in [6, 6.07) is 45.0. The lowest BCUT2D eigenvalue weighted by Crippen LogP contribution is -1.93. The number of fused-ring (bicyclic) bond motifs is 6. The van der Waals surface area contributed by atoms with Gasteiger partial charge in [0.25, 0.3) is 0 Å². The van der Waals surface area contributed by atoms with Crippen molar-refractivity contribution in [2.24, 2.45) is 0 Å². The van der Waals surface area contributed by atoms with E-state index >= 15 is 0 Å². The topological polar surface area (TPSA) is 31.0 Å². The molecule has 0 saturated carbocycles. The highest BCUT2D eigenvalue weighted by atomic mass is 16.3. The Hall–Kier alpha value is -5.15. The Morgan fingerprint density at radius 3 is 1.89 bits per heavy atom. The Labute approximate surface area is 219 Å². The Kier molecular flexibility index (Phi) is 4.52. The number of furan rings is 1. The second-order valence-corrected chi connectivity index (χ2v) is 9.66. The molecule has 178 valence electrons. The average molecular weight is 487 g/mol. The van der Waals surface area contributed by atoms with Crippen LogP contribution < -0.4 is 0 Å². The minimum atomic E-state index is 0.816. The molecule has 3 aromatic heterocycles. The van der Waals surface area contributed by atoms with E-state index in [0.717, 1.165) is 33.3 Å². The summed E-state index contributed by atoms with van der Waals surface area (Å²) in [6.07, 6.45) is 1.81. The number of para-hydroxylation sites is 2. The number of benzene rings is 5. The van der Waals surface area contributed by atoms with E-state index in [1.165, 1.54) is 38.5 Å². The maximum Gasteiger partial charge on any atom is 0.153 e. The minimum Gasteiger partial charge on any atom is -0.454 e. The predicted octanol–water partition coefficient (Wildman–Crippen LogP) is 9.41. The minimum absolute atomic E-state index is 0.816. The van der Waals surface area contributed by atoms with Crippen LogP contribution in [0.1, 0.15) is 0 Å². The van der Waals surface area contributed by atoms with Crippen molar-refractivity contribution in [2.45, 2.75) is 0 Å². The van der Waals surface area contributed by atoms with Crippen LogP contribution in [0, 0.1) is 0 Å². The third kappa shape index (κ3) is 3.19. The molecule has 8 aromatic rings. The first-order valence-corrected chi connectivity index (χ1v) is 12.8. The van der Waals surface area contributed by atoms with E-state index in [0.29, 0.717) is 0 Å². The molecule has 0 unspecified atom stereocenters. The lowest BCUT2D eigenvalue weighted by atomic mass is 9.98. The molecule has 3 heteroatoms. The molecule has 5 aromatic carbocycles. The quantitative estimate of drug-likeness (QED) is 0.249. The molecule has 0 aliphatic heterocycles. The lowest BCUT2D eigenvalue weighted by molar-refractivity contribution is 0.668. The van der Waals surface area contributed by atoms with Crippen LogP contribution in [0.25, 0.3) is 71.8 Å². The van der Waals surface area contributed by atoms with Gasteiger partial charge in [-0.2, -0.15) is 0 Å². The second-order valence-electron chi connectivity index (χ2n) is 9.66. The van der Waals surface area contributed by atoms with Gasteiger partial charge >= 0.3 is 0 Å². The molecule has 3 nitrogen and oxygen atoms in total. The molecule has 0 fully saturated rings. The predicted molar refractivity (Wildman–Crippen MR) is 157 cm³/mol. The zero-order valence-electron chi connectivity index (χ0n) is 20.5. The summed E-state index contributed by atoms with van der Waals surface area (Å²) < 4.78 is 8.32. The standard InChI is InChI=1S/C35H22N2O/c1-3-11-31-28(9-1)29-10-2-4-12-32(29)37(31)27-17-14-23(15-18-27)24-7-5-8-25(21-24)26-16-19-33-30(22-26)35-34(38-33)13-6-20-36-35/h1-22H. The van der Waals surface area contributed by atoms with E-state index < -0.39 is 0 Å². The van der Waals surface area contributed by atoms with Crippen LogP contribution in [0.3, 0.4) is 0 Å². The normalized spacial score (nSPS) is 11.7. The molecular formula is C35H22N2O. The molecule has 0 bridgehead atoms. The van der Waals surface area contributed by atoms with Gasteiger partial charge in [0.05, 0.1) is 11.0 Å². The molecule has 8 rings (SSSR count). The van der Waals surface area contributed by atoms with Gasteiger partial charge in [-0.05, 0) is 76.9 Å². The third-order valence-electron chi connectivity index (χ3n) is 7.46. The molecule has 0 amide bonds. The Morgan fingerprint density at radius 1 is 0.474 bits per heavy atom. The molecule has 0 spiro atoms. The molecule has 0 atom stereocenters. The fourth-order valence-corrected chi connectivity index (χ4v) is 5.66. The molecule has 0 aliphatic rings. The summed E-state index contributed by atoms with van der Waals surface area (Å²) in [5, 5.41) is 3.59. The monoisotopic (exact) mass is 486 g/mol. The van der Waals surface area contributed by atoms with Crippen molar-refractivity contribution >= 4 is 43.9 Å². The number of rotatable bonds is 3. The zero-order valence-corrected chi connectivity index (χ0v) is 20.5. The second kappa shape index (κ2) is 8.19. The largest absolute Gasteiger partial charge is 0.454 e. The number of hydrogen-bond acceptors (Lipinski definition) is 2. The van der Waals surface area contributed by atoms with Crippen molar-refractivity contribution in [3.63, 3.8) is 0 Å². The highest BCUT2D eigenvalue weighted by Crippen LogP contribution is 2.35. The fourth-order valence-electron chi connectivity index (χ4n) is 5.66. The molecule has 0 saturated heterocycles. The summed E-state index contributed by atoms with van der Waals surface area (Å²) in [5.74, 6) is 0. The van der Waals surface area contributed by atoms with E-state index in [1.807, 2.05) is 24.4 Å². The number of aromatic nitrogens is 2. The van der Waals surface area contributed by atoms with Crippen LogP contribution in [0.4, 0.5) is 0 Å². The lowest BCUT2D eigenvalue weighted by Gasteiger charge is -2.10. The summed E-state index contributed by atoms with van der Waals surface area (Å²) >= 11 is 0. The van der Waals surface area contributed by atoms with Gasteiger partial charge in [0.15, 0.2) is 5.58 Å². The van der Waals surface area contributed by atoms with Crippen molar-refractivity contribution in [2.75, 3.05) is 0 Å². The maximum atomic E-state index is 5.97. The van der Waals surface area contributed by atoms with Gasteiger partial charge in [0.1, 0.15) is 11.1 Å². The van der Waals surface area contributed by atoms with Crippen molar-refractivity contribution in [3.05, 3.63) is 134 Å². The molecule has 0 N–H and O–H groups in total. The third-order valence-corrected chi connectivity index (χ3v) is 7.46. The van der Waals surface area contributed by atoms with Gasteiger partial charge in [-0.3, -0.25) is 4.98 Å². The summed E-state index contributed by atoms with van der Waals surface area (Å²) in [5.41, 5.74) is 10.9. The summed E-state index contributed by atoms with van der Waals surface area (Å²) in [4.78, 5) is 4.54. The molecule has 0 radical (unpaired) electrons. The van der Waals surface area contributed by atoms with E-state index in [9.17, 15) is 0 Å². The Bertz CT molecular complexity index is 2080. The number of hydrogen-bond donors (Lipinski definition) is 0. The van der Waals surface area contributed by atoms with E-state index in [1.54, 1.807) is 0 Å². The molecule has 3 heterocycles. The van der Waals surface area contributed by atoms with Crippen LogP contribution in [0.5, 0.6) is 0 Å². The summed E-state index contributed by atoms with van der Waals surface area (Å²) in [7, 11) is 0. The van der Waals surface area contributed by atoms with E-state index in [2.05, 4.69) is 119 Å². The van der Waals surface area contributed by atoms with Gasteiger partial charge in [-0.15, -0.1) is 0 Å². The zero-order chi connectivity index (χ0) is 25.1. The van der Waals surface area contributed by atoms with Crippen LogP contribution in [0.15, 0.2) is 138 Å². The van der Waals surface area contributed by atoms with Gasteiger partial charge < -0.3 is 8.98 Å². The van der Waals surface area contributed by atoms with E-state index in [4.69, 9.17) is 4.42 Å². The Morgan fingerprint density at radius 2 is 1.13 bits per heavy atom. The smallest absolute Gasteiger partial charge is 0.153 e. The van der Waals surface area contributed by atoms with Crippen LogP contribution in [0.2, 0.25) is 0 Å². The fraction of sp³-hybridized carbons (Fsp3) is 0. The number of nitrogens with zero attached hydrogens (tertiary/aromatic N) is 2. The highest BCUT2D eigenvalue weighted by molar-refractivity contribution is 6.09. The molecular weight excluding hydrogens is 464 g/mol. The van der Waals surface area contributed by atoms with Gasteiger partial charge in [0, 0.05) is 28.0 Å². The van der Waals surface area contributed by atoms with Crippen LogP contribution in [-0.4, -0.2) is 9.55 Å². The van der Waals surface area contributed by atoms with Crippen LogP contribution >= 0.6 is 0 Å². The Balaban J connectivity index is 1.20. The van der Waals surface area contributed by atoms with Crippen molar-refractivity contribution in [1.82, 2.24) is 9.55 Å². The maximum absolute atomic E-state index is 5.97. The first-order chi connectivity index (χ1) is 18.8. The SMILES string of the molecule is c1cc(-c2ccc(-n3c4ccccc4c4ccccc43)cc2)cc(-c2ccc3oc4cccnc4c3c2)c1. The first kappa shape index (κ1) is 21.0. The van der Waals surface area contributed by atoms with Gasteiger partial charge in [-0.25, -0.2) is 0 Å². The average Bonchev–Trinajstić information content (AvgIpc) is 3.53. The first-order valence-electron chi connectivity index (χ1n) is 12.8. The molecule has 38 heavy (non-hydrogen) atoms.